The van der Waals surface area contributed by atoms with Crippen LogP contribution in [-0.2, 0) is 19.8 Å². The minimum atomic E-state index is -4.49. The Kier molecular flexibility index (Phi) is 5.07. The fraction of sp³-hybridized carbons (Fsp3) is 0.200. The van der Waals surface area contributed by atoms with Crippen molar-refractivity contribution in [2.75, 3.05) is 0 Å². The molecule has 0 aliphatic heterocycles. The van der Waals surface area contributed by atoms with Crippen molar-refractivity contribution in [3.8, 4) is 17.3 Å². The number of aromatic nitrogens is 5. The van der Waals surface area contributed by atoms with Crippen LogP contribution in [0.15, 0.2) is 42.7 Å². The molecule has 0 N–H and O–H groups in total. The largest absolute Gasteiger partial charge is 0.472 e. The van der Waals surface area contributed by atoms with Gasteiger partial charge in [-0.3, -0.25) is 0 Å². The maximum Gasteiger partial charge on any atom is 0.434 e. The predicted octanol–water partition coefficient (Wildman–Crippen LogP) is 4.98. The summed E-state index contributed by atoms with van der Waals surface area (Å²) in [5.74, 6) is 0.536. The lowest BCUT2D eigenvalue weighted by Crippen LogP contribution is -2.04. The van der Waals surface area contributed by atoms with Crippen LogP contribution in [0.5, 0.6) is 5.88 Å². The second-order valence-corrected chi connectivity index (χ2v) is 7.06. The molecule has 0 saturated carbocycles. The molecule has 30 heavy (non-hydrogen) atoms. The summed E-state index contributed by atoms with van der Waals surface area (Å²) in [5.41, 5.74) is 1.79. The third-order valence-electron chi connectivity index (χ3n) is 4.38. The number of halogens is 4. The molecule has 0 radical (unpaired) electrons. The number of pyridine rings is 1. The smallest absolute Gasteiger partial charge is 0.434 e. The van der Waals surface area contributed by atoms with Crippen LogP contribution >= 0.6 is 11.6 Å². The van der Waals surface area contributed by atoms with Crippen molar-refractivity contribution in [2.45, 2.75) is 19.7 Å². The van der Waals surface area contributed by atoms with Crippen LogP contribution in [0.1, 0.15) is 16.8 Å². The van der Waals surface area contributed by atoms with Gasteiger partial charge in [0, 0.05) is 25.0 Å². The normalized spacial score (nSPS) is 11.8. The summed E-state index contributed by atoms with van der Waals surface area (Å²) in [6.45, 7) is 2.08. The summed E-state index contributed by atoms with van der Waals surface area (Å²) in [6, 6.07) is 8.75. The number of alkyl halides is 3. The minimum absolute atomic E-state index is 0.0273. The number of fused-ring (bicyclic) bond motifs is 1. The Balaban J connectivity index is 1.55. The van der Waals surface area contributed by atoms with Crippen LogP contribution in [0.4, 0.5) is 13.2 Å². The van der Waals surface area contributed by atoms with E-state index in [0.29, 0.717) is 22.5 Å². The van der Waals surface area contributed by atoms with Gasteiger partial charge in [-0.05, 0) is 35.7 Å². The van der Waals surface area contributed by atoms with Gasteiger partial charge in [-0.25, -0.2) is 9.97 Å². The van der Waals surface area contributed by atoms with E-state index >= 15 is 0 Å². The molecule has 3 aromatic heterocycles. The van der Waals surface area contributed by atoms with Crippen molar-refractivity contribution >= 4 is 22.6 Å². The Hall–Kier alpha value is -3.20. The second kappa shape index (κ2) is 7.56. The fourth-order valence-corrected chi connectivity index (χ4v) is 3.10. The Morgan fingerprint density at radius 1 is 1.10 bits per heavy atom. The Morgan fingerprint density at radius 3 is 2.50 bits per heavy atom. The molecule has 10 heteroatoms. The van der Waals surface area contributed by atoms with Crippen LogP contribution in [0.2, 0.25) is 5.28 Å². The molecule has 0 bridgehead atoms. The van der Waals surface area contributed by atoms with Gasteiger partial charge in [0.1, 0.15) is 12.4 Å². The summed E-state index contributed by atoms with van der Waals surface area (Å²) in [7, 11) is 1.52. The molecule has 0 unspecified atom stereocenters. The molecule has 0 aliphatic rings. The maximum atomic E-state index is 12.9. The van der Waals surface area contributed by atoms with Gasteiger partial charge in [-0.1, -0.05) is 24.3 Å². The van der Waals surface area contributed by atoms with Crippen LogP contribution in [0.25, 0.3) is 22.4 Å². The van der Waals surface area contributed by atoms with Gasteiger partial charge in [-0.15, -0.1) is 0 Å². The SMILES string of the molecule is Cc1cnc2nc(Cl)nc(OCc3ccc(-c4nc(C(F)(F)F)cn4C)cc3)c2c1. The van der Waals surface area contributed by atoms with E-state index in [2.05, 4.69) is 19.9 Å². The standard InChI is InChI=1S/C20H15ClF3N5O/c1-11-7-14-16(25-8-11)27-19(21)28-18(14)30-10-12-3-5-13(6-4-12)17-26-15(9-29(17)2)20(22,23)24/h3-9H,10H2,1-2H3. The second-order valence-electron chi connectivity index (χ2n) is 6.73. The van der Waals surface area contributed by atoms with E-state index in [-0.39, 0.29) is 17.7 Å². The number of imidazole rings is 1. The van der Waals surface area contributed by atoms with Crippen molar-refractivity contribution in [1.82, 2.24) is 24.5 Å². The first kappa shape index (κ1) is 20.1. The van der Waals surface area contributed by atoms with Crippen molar-refractivity contribution in [3.05, 3.63) is 64.8 Å². The van der Waals surface area contributed by atoms with E-state index < -0.39 is 11.9 Å². The van der Waals surface area contributed by atoms with E-state index in [1.165, 1.54) is 11.6 Å². The molecule has 4 rings (SSSR count). The highest BCUT2D eigenvalue weighted by Gasteiger charge is 2.34. The molecule has 0 aliphatic carbocycles. The number of ether oxygens (including phenoxy) is 1. The molecule has 1 aromatic carbocycles. The zero-order valence-corrected chi connectivity index (χ0v) is 16.7. The maximum absolute atomic E-state index is 12.9. The molecule has 154 valence electrons. The fourth-order valence-electron chi connectivity index (χ4n) is 2.95. The zero-order chi connectivity index (χ0) is 21.5. The van der Waals surface area contributed by atoms with Gasteiger partial charge in [0.2, 0.25) is 11.2 Å². The minimum Gasteiger partial charge on any atom is -0.472 e. The quantitative estimate of drug-likeness (QED) is 0.424. The molecular weight excluding hydrogens is 419 g/mol. The summed E-state index contributed by atoms with van der Waals surface area (Å²) in [5, 5.41) is 0.670. The highest BCUT2D eigenvalue weighted by Crippen LogP contribution is 2.31. The molecule has 6 nitrogen and oxygen atoms in total. The van der Waals surface area contributed by atoms with Crippen LogP contribution < -0.4 is 4.74 Å². The number of aryl methyl sites for hydroxylation is 2. The van der Waals surface area contributed by atoms with Gasteiger partial charge in [-0.2, -0.15) is 23.1 Å². The first-order valence-corrected chi connectivity index (χ1v) is 9.21. The lowest BCUT2D eigenvalue weighted by molar-refractivity contribution is -0.140. The van der Waals surface area contributed by atoms with Crippen molar-refractivity contribution in [3.63, 3.8) is 0 Å². The first-order valence-electron chi connectivity index (χ1n) is 8.83. The number of nitrogens with zero attached hydrogens (tertiary/aromatic N) is 5. The van der Waals surface area contributed by atoms with Crippen LogP contribution in [-0.4, -0.2) is 24.5 Å². The molecule has 0 saturated heterocycles. The molecule has 3 heterocycles. The Bertz CT molecular complexity index is 1220. The number of hydrogen-bond donors (Lipinski definition) is 0. The van der Waals surface area contributed by atoms with Gasteiger partial charge >= 0.3 is 6.18 Å². The van der Waals surface area contributed by atoms with Gasteiger partial charge in [0.25, 0.3) is 0 Å². The monoisotopic (exact) mass is 433 g/mol. The Labute approximate surface area is 174 Å². The van der Waals surface area contributed by atoms with Crippen molar-refractivity contribution in [2.24, 2.45) is 7.05 Å². The topological polar surface area (TPSA) is 65.7 Å². The lowest BCUT2D eigenvalue weighted by Gasteiger charge is -2.09. The molecule has 0 spiro atoms. The average Bonchev–Trinajstić information content (AvgIpc) is 3.09. The number of rotatable bonds is 4. The molecule has 0 amide bonds. The first-order chi connectivity index (χ1) is 14.2. The number of benzene rings is 1. The van der Waals surface area contributed by atoms with Crippen molar-refractivity contribution < 1.29 is 17.9 Å². The summed E-state index contributed by atoms with van der Waals surface area (Å²) in [6.07, 6.45) is -1.85. The molecular formula is C20H15ClF3N5O. The van der Waals surface area contributed by atoms with E-state index in [1.54, 1.807) is 30.5 Å². The van der Waals surface area contributed by atoms with Gasteiger partial charge in [0.05, 0.1) is 5.39 Å². The van der Waals surface area contributed by atoms with E-state index in [9.17, 15) is 13.2 Å². The van der Waals surface area contributed by atoms with Crippen LogP contribution in [0, 0.1) is 6.92 Å². The van der Waals surface area contributed by atoms with E-state index in [0.717, 1.165) is 17.3 Å². The van der Waals surface area contributed by atoms with Crippen molar-refractivity contribution in [1.29, 1.82) is 0 Å². The summed E-state index contributed by atoms with van der Waals surface area (Å²) in [4.78, 5) is 16.1. The molecule has 0 atom stereocenters. The summed E-state index contributed by atoms with van der Waals surface area (Å²) >= 11 is 5.95. The molecule has 0 fully saturated rings. The number of hydrogen-bond acceptors (Lipinski definition) is 5. The predicted molar refractivity (Wildman–Crippen MR) is 105 cm³/mol. The average molecular weight is 434 g/mol. The zero-order valence-electron chi connectivity index (χ0n) is 15.9. The Morgan fingerprint density at radius 2 is 1.83 bits per heavy atom. The third-order valence-corrected chi connectivity index (χ3v) is 4.55. The molecule has 4 aromatic rings. The van der Waals surface area contributed by atoms with Gasteiger partial charge in [0.15, 0.2) is 11.3 Å². The van der Waals surface area contributed by atoms with E-state index in [4.69, 9.17) is 16.3 Å². The van der Waals surface area contributed by atoms with Gasteiger partial charge < -0.3 is 9.30 Å². The van der Waals surface area contributed by atoms with Crippen LogP contribution in [0.3, 0.4) is 0 Å². The van der Waals surface area contributed by atoms with E-state index in [1.807, 2.05) is 13.0 Å². The summed E-state index contributed by atoms with van der Waals surface area (Å²) < 4.78 is 45.8. The third kappa shape index (κ3) is 4.06. The highest BCUT2D eigenvalue weighted by atomic mass is 35.5. The highest BCUT2D eigenvalue weighted by molar-refractivity contribution is 6.28. The lowest BCUT2D eigenvalue weighted by atomic mass is 10.1.